The van der Waals surface area contributed by atoms with E-state index in [0.717, 1.165) is 0 Å². The molecule has 0 fully saturated rings. The van der Waals surface area contributed by atoms with Crippen molar-refractivity contribution in [1.29, 1.82) is 0 Å². The molecular weight excluding hydrogens is 279 g/mol. The summed E-state index contributed by atoms with van der Waals surface area (Å²) in [5, 5.41) is 18.6. The number of aromatic nitrogens is 1. The smallest absolute Gasteiger partial charge is 0.535 e. The van der Waals surface area contributed by atoms with Crippen LogP contribution in [0.25, 0.3) is 11.1 Å². The summed E-state index contributed by atoms with van der Waals surface area (Å²) in [5.41, 5.74) is 0.683. The van der Waals surface area contributed by atoms with Crippen LogP contribution in [0, 0.1) is 5.82 Å². The van der Waals surface area contributed by atoms with Crippen LogP contribution in [0.1, 0.15) is 10.5 Å². The van der Waals surface area contributed by atoms with Gasteiger partial charge in [-0.15, -0.1) is 0 Å². The lowest BCUT2D eigenvalue weighted by Crippen LogP contribution is -2.29. The first-order chi connectivity index (χ1) is 9.97. The van der Waals surface area contributed by atoms with Gasteiger partial charge in [-0.25, -0.2) is 9.37 Å². The molecule has 0 aliphatic rings. The normalized spacial score (nSPS) is 10.1. The number of pyridine rings is 1. The van der Waals surface area contributed by atoms with Gasteiger partial charge in [0.1, 0.15) is 11.6 Å². The number of benzene rings is 1. The fourth-order valence-corrected chi connectivity index (χ4v) is 1.70. The Morgan fingerprint density at radius 2 is 2.05 bits per heavy atom. The topological polar surface area (TPSA) is 102 Å². The summed E-state index contributed by atoms with van der Waals surface area (Å²) >= 11 is 0. The van der Waals surface area contributed by atoms with E-state index in [4.69, 9.17) is 5.11 Å². The van der Waals surface area contributed by atoms with Crippen LogP contribution in [0.4, 0.5) is 4.39 Å². The zero-order valence-corrected chi connectivity index (χ0v) is 10.8. The fourth-order valence-electron chi connectivity index (χ4n) is 1.70. The Morgan fingerprint density at radius 1 is 1.29 bits per heavy atom. The monoisotopic (exact) mass is 291 g/mol. The van der Waals surface area contributed by atoms with Gasteiger partial charge in [0.2, 0.25) is 0 Å². The number of halogens is 1. The molecule has 2 rings (SSSR count). The maximum absolute atomic E-state index is 13.1. The lowest BCUT2D eigenvalue weighted by atomic mass is 10.1. The zero-order valence-electron chi connectivity index (χ0n) is 10.8. The van der Waals surface area contributed by atoms with Crippen LogP contribution in [-0.2, 0) is 4.79 Å². The van der Waals surface area contributed by atoms with Crippen LogP contribution >= 0.6 is 0 Å². The van der Waals surface area contributed by atoms with Crippen molar-refractivity contribution < 1.29 is 24.2 Å². The predicted molar refractivity (Wildman–Crippen MR) is 72.2 cm³/mol. The molecule has 1 aromatic heterocycles. The SMILES string of the molecule is O=C([OH2+])CNC(=O)c1ncc(-c2cccc(F)c2)cc1O. The molecule has 108 valence electrons. The van der Waals surface area contributed by atoms with Gasteiger partial charge in [-0.05, 0) is 23.8 Å². The lowest BCUT2D eigenvalue weighted by Gasteiger charge is -2.06. The molecule has 0 aliphatic heterocycles. The highest BCUT2D eigenvalue weighted by Crippen LogP contribution is 2.25. The van der Waals surface area contributed by atoms with Crippen LogP contribution in [0.5, 0.6) is 5.75 Å². The van der Waals surface area contributed by atoms with Gasteiger partial charge >= 0.3 is 5.97 Å². The number of carbonyl (C=O) groups excluding carboxylic acids is 2. The van der Waals surface area contributed by atoms with Crippen molar-refractivity contribution in [1.82, 2.24) is 10.3 Å². The molecule has 1 aromatic carbocycles. The van der Waals surface area contributed by atoms with Crippen molar-refractivity contribution in [2.45, 2.75) is 0 Å². The molecule has 6 nitrogen and oxygen atoms in total. The van der Waals surface area contributed by atoms with E-state index in [1.54, 1.807) is 6.07 Å². The number of hydrogen-bond acceptors (Lipinski definition) is 4. The Bertz CT molecular complexity index is 703. The van der Waals surface area contributed by atoms with Gasteiger partial charge in [-0.2, -0.15) is 0 Å². The van der Waals surface area contributed by atoms with Crippen LogP contribution in [0.3, 0.4) is 0 Å². The third-order valence-electron chi connectivity index (χ3n) is 2.65. The van der Waals surface area contributed by atoms with Crippen molar-refractivity contribution in [3.63, 3.8) is 0 Å². The molecule has 7 heteroatoms. The number of nitrogens with one attached hydrogen (secondary N) is 1. The summed E-state index contributed by atoms with van der Waals surface area (Å²) in [4.78, 5) is 25.9. The molecular formula is C14H12FN2O4+. The van der Waals surface area contributed by atoms with Gasteiger partial charge in [0.15, 0.2) is 12.2 Å². The van der Waals surface area contributed by atoms with Gasteiger partial charge in [0.05, 0.1) is 0 Å². The first kappa shape index (κ1) is 14.4. The van der Waals surface area contributed by atoms with Gasteiger partial charge in [0, 0.05) is 16.6 Å². The van der Waals surface area contributed by atoms with Crippen molar-refractivity contribution in [2.24, 2.45) is 0 Å². The highest BCUT2D eigenvalue weighted by molar-refractivity contribution is 5.96. The standard InChI is InChI=1S/C14H11FN2O4/c15-10-3-1-2-8(4-10)9-5-11(18)13(16-6-9)14(21)17-7-12(19)20/h1-6,18H,7H2,(H,17,21)(H,19,20)/p+1. The average molecular weight is 291 g/mol. The summed E-state index contributed by atoms with van der Waals surface area (Å²) in [6, 6.07) is 6.99. The third kappa shape index (κ3) is 3.53. The average Bonchev–Trinajstić information content (AvgIpc) is 2.44. The Hall–Kier alpha value is -2.96. The number of rotatable bonds is 4. The molecule has 0 saturated carbocycles. The minimum absolute atomic E-state index is 0.267. The summed E-state index contributed by atoms with van der Waals surface area (Å²) in [7, 11) is 0. The maximum Gasteiger partial charge on any atom is 0.535 e. The van der Waals surface area contributed by atoms with E-state index < -0.39 is 30.0 Å². The van der Waals surface area contributed by atoms with Crippen molar-refractivity contribution in [2.75, 3.05) is 6.54 Å². The summed E-state index contributed by atoms with van der Waals surface area (Å²) in [6.07, 6.45) is 1.31. The Labute approximate surface area is 118 Å². The lowest BCUT2D eigenvalue weighted by molar-refractivity contribution is -0.135. The minimum Gasteiger partial charge on any atom is -0.563 e. The molecule has 0 aliphatic carbocycles. The van der Waals surface area contributed by atoms with Crippen LogP contribution < -0.4 is 5.32 Å². The van der Waals surface area contributed by atoms with Crippen molar-refractivity contribution in [3.8, 4) is 16.9 Å². The second-order valence-electron chi connectivity index (χ2n) is 4.21. The van der Waals surface area contributed by atoms with E-state index in [0.29, 0.717) is 11.1 Å². The van der Waals surface area contributed by atoms with Crippen molar-refractivity contribution >= 4 is 11.9 Å². The molecule has 0 spiro atoms. The van der Waals surface area contributed by atoms with Crippen LogP contribution in [-0.4, -0.2) is 33.6 Å². The fraction of sp³-hybridized carbons (Fsp3) is 0.0714. The van der Waals surface area contributed by atoms with Crippen LogP contribution in [0.2, 0.25) is 0 Å². The van der Waals surface area contributed by atoms with E-state index in [9.17, 15) is 19.1 Å². The molecule has 0 bridgehead atoms. The molecule has 0 unspecified atom stereocenters. The number of amides is 1. The molecule has 2 aromatic rings. The number of hydrogen-bond donors (Lipinski definition) is 2. The van der Waals surface area contributed by atoms with Crippen molar-refractivity contribution in [3.05, 3.63) is 48.0 Å². The second kappa shape index (κ2) is 6.00. The highest BCUT2D eigenvalue weighted by atomic mass is 19.1. The molecule has 0 saturated heterocycles. The zero-order chi connectivity index (χ0) is 15.4. The van der Waals surface area contributed by atoms with E-state index in [2.05, 4.69) is 10.3 Å². The summed E-state index contributed by atoms with van der Waals surface area (Å²) < 4.78 is 13.1. The van der Waals surface area contributed by atoms with Gasteiger partial charge in [-0.1, -0.05) is 12.1 Å². The van der Waals surface area contributed by atoms with Gasteiger partial charge < -0.3 is 15.5 Å². The number of nitrogens with zero attached hydrogens (tertiary/aromatic N) is 1. The van der Waals surface area contributed by atoms with Crippen LogP contribution in [0.15, 0.2) is 36.5 Å². The molecule has 1 heterocycles. The molecule has 21 heavy (non-hydrogen) atoms. The van der Waals surface area contributed by atoms with E-state index >= 15 is 0 Å². The summed E-state index contributed by atoms with van der Waals surface area (Å²) in [6.45, 7) is -0.467. The first-order valence-electron chi connectivity index (χ1n) is 5.95. The molecule has 4 N–H and O–H groups in total. The number of carbonyl (C=O) groups is 2. The quantitative estimate of drug-likeness (QED) is 0.804. The largest absolute Gasteiger partial charge is 0.563 e. The molecule has 1 amide bonds. The molecule has 0 radical (unpaired) electrons. The van der Waals surface area contributed by atoms with Gasteiger partial charge in [-0.3, -0.25) is 4.79 Å². The highest BCUT2D eigenvalue weighted by Gasteiger charge is 2.16. The second-order valence-corrected chi connectivity index (χ2v) is 4.21. The van der Waals surface area contributed by atoms with E-state index in [1.165, 1.54) is 30.5 Å². The van der Waals surface area contributed by atoms with E-state index in [-0.39, 0.29) is 5.69 Å². The Morgan fingerprint density at radius 3 is 2.67 bits per heavy atom. The first-order valence-corrected chi connectivity index (χ1v) is 5.95. The predicted octanol–water partition coefficient (Wildman–Crippen LogP) is 0.574. The summed E-state index contributed by atoms with van der Waals surface area (Å²) in [5.74, 6) is -2.55. The Balaban J connectivity index is 2.25. The number of aromatic hydroxyl groups is 1. The van der Waals surface area contributed by atoms with E-state index in [1.807, 2.05) is 0 Å². The maximum atomic E-state index is 13.1. The third-order valence-corrected chi connectivity index (χ3v) is 2.65. The Kier molecular flexibility index (Phi) is 4.13. The van der Waals surface area contributed by atoms with Gasteiger partial charge in [0.25, 0.3) is 5.91 Å². The minimum atomic E-state index is -0.959. The molecule has 0 atom stereocenters.